The number of carbonyl (C=O) groups excluding carboxylic acids is 1. The van der Waals surface area contributed by atoms with E-state index in [9.17, 15) is 4.79 Å². The fourth-order valence-electron chi connectivity index (χ4n) is 3.08. The van der Waals surface area contributed by atoms with Gasteiger partial charge in [-0.3, -0.25) is 4.79 Å². The van der Waals surface area contributed by atoms with E-state index in [2.05, 4.69) is 18.3 Å². The normalized spacial score (nSPS) is 10.5. The summed E-state index contributed by atoms with van der Waals surface area (Å²) in [5.41, 5.74) is 5.44. The molecule has 0 heterocycles. The number of rotatable bonds is 6. The van der Waals surface area contributed by atoms with Crippen molar-refractivity contribution in [1.82, 2.24) is 0 Å². The minimum atomic E-state index is -0.209. The first-order valence-electron chi connectivity index (χ1n) is 9.32. The Morgan fingerprint density at radius 1 is 0.966 bits per heavy atom. The minimum Gasteiger partial charge on any atom is -0.496 e. The molecule has 0 atom stereocenters. The maximum atomic E-state index is 12.6. The van der Waals surface area contributed by atoms with Gasteiger partial charge < -0.3 is 14.8 Å². The van der Waals surface area contributed by atoms with Crippen LogP contribution in [0.15, 0.2) is 54.6 Å². The molecule has 0 spiro atoms. The molecule has 0 radical (unpaired) electrons. The highest BCUT2D eigenvalue weighted by Gasteiger charge is 2.12. The van der Waals surface area contributed by atoms with Crippen LogP contribution in [0.2, 0.25) is 5.02 Å². The third-order valence-electron chi connectivity index (χ3n) is 4.79. The Morgan fingerprint density at radius 3 is 2.38 bits per heavy atom. The van der Waals surface area contributed by atoms with E-state index in [1.54, 1.807) is 49.6 Å². The van der Waals surface area contributed by atoms with Crippen LogP contribution >= 0.6 is 11.6 Å². The molecule has 5 heteroatoms. The van der Waals surface area contributed by atoms with Crippen LogP contribution in [0.4, 0.5) is 5.69 Å². The molecule has 0 saturated heterocycles. The highest BCUT2D eigenvalue weighted by molar-refractivity contribution is 6.30. The standard InChI is InChI=1S/C24H24ClNO3/c1-15-11-16(2)17(3)23(12-15)29-14-19-13-18(5-10-22(19)28-4)24(27)26-21-8-6-20(25)7-9-21/h5-13H,14H2,1-4H3,(H,26,27). The number of carbonyl (C=O) groups is 1. The molecule has 0 bridgehead atoms. The number of halogens is 1. The number of hydrogen-bond acceptors (Lipinski definition) is 3. The van der Waals surface area contributed by atoms with Crippen molar-refractivity contribution in [3.63, 3.8) is 0 Å². The van der Waals surface area contributed by atoms with E-state index < -0.39 is 0 Å². The molecule has 29 heavy (non-hydrogen) atoms. The monoisotopic (exact) mass is 409 g/mol. The summed E-state index contributed by atoms with van der Waals surface area (Å²) in [5.74, 6) is 1.30. The maximum Gasteiger partial charge on any atom is 0.255 e. The van der Waals surface area contributed by atoms with Gasteiger partial charge in [-0.1, -0.05) is 17.7 Å². The molecule has 0 aromatic heterocycles. The molecule has 3 aromatic rings. The quantitative estimate of drug-likeness (QED) is 0.534. The number of aryl methyl sites for hydroxylation is 2. The van der Waals surface area contributed by atoms with Crippen LogP contribution in [0, 0.1) is 20.8 Å². The van der Waals surface area contributed by atoms with Crippen LogP contribution in [0.25, 0.3) is 0 Å². The predicted octanol–water partition coefficient (Wildman–Crippen LogP) is 6.11. The van der Waals surface area contributed by atoms with Gasteiger partial charge in [0.1, 0.15) is 18.1 Å². The van der Waals surface area contributed by atoms with Gasteiger partial charge in [-0.25, -0.2) is 0 Å². The lowest BCUT2D eigenvalue weighted by Gasteiger charge is -2.15. The number of methoxy groups -OCH3 is 1. The number of nitrogens with one attached hydrogen (secondary N) is 1. The van der Waals surface area contributed by atoms with Crippen molar-refractivity contribution in [2.45, 2.75) is 27.4 Å². The molecule has 0 aliphatic rings. The molecule has 0 saturated carbocycles. The Morgan fingerprint density at radius 2 is 1.69 bits per heavy atom. The number of benzene rings is 3. The van der Waals surface area contributed by atoms with Gasteiger partial charge >= 0.3 is 0 Å². The highest BCUT2D eigenvalue weighted by atomic mass is 35.5. The van der Waals surface area contributed by atoms with Crippen molar-refractivity contribution >= 4 is 23.2 Å². The van der Waals surface area contributed by atoms with Crippen molar-refractivity contribution in [1.29, 1.82) is 0 Å². The second kappa shape index (κ2) is 9.01. The van der Waals surface area contributed by atoms with Gasteiger partial charge in [0.15, 0.2) is 0 Å². The van der Waals surface area contributed by atoms with Crippen molar-refractivity contribution in [3.8, 4) is 11.5 Å². The Bertz CT molecular complexity index is 1030. The summed E-state index contributed by atoms with van der Waals surface area (Å²) in [5, 5.41) is 3.49. The summed E-state index contributed by atoms with van der Waals surface area (Å²) in [4.78, 5) is 12.6. The van der Waals surface area contributed by atoms with Gasteiger partial charge in [0.05, 0.1) is 7.11 Å². The van der Waals surface area contributed by atoms with Gasteiger partial charge in [0.2, 0.25) is 0 Å². The van der Waals surface area contributed by atoms with Gasteiger partial charge in [0, 0.05) is 21.8 Å². The number of ether oxygens (including phenoxy) is 2. The fourth-order valence-corrected chi connectivity index (χ4v) is 3.20. The SMILES string of the molecule is COc1ccc(C(=O)Nc2ccc(Cl)cc2)cc1COc1cc(C)cc(C)c1C. The molecule has 0 fully saturated rings. The first-order valence-corrected chi connectivity index (χ1v) is 9.69. The lowest BCUT2D eigenvalue weighted by atomic mass is 10.1. The van der Waals surface area contributed by atoms with Crippen LogP contribution in [-0.2, 0) is 6.61 Å². The van der Waals surface area contributed by atoms with Crippen LogP contribution < -0.4 is 14.8 Å². The second-order valence-electron chi connectivity index (χ2n) is 6.98. The molecule has 0 aliphatic carbocycles. The largest absolute Gasteiger partial charge is 0.496 e. The van der Waals surface area contributed by atoms with Crippen molar-refractivity contribution in [3.05, 3.63) is 87.4 Å². The zero-order chi connectivity index (χ0) is 21.0. The first-order chi connectivity index (χ1) is 13.9. The van der Waals surface area contributed by atoms with Gasteiger partial charge in [-0.15, -0.1) is 0 Å². The van der Waals surface area contributed by atoms with E-state index in [0.29, 0.717) is 28.6 Å². The van der Waals surface area contributed by atoms with E-state index in [0.717, 1.165) is 22.4 Å². The lowest BCUT2D eigenvalue weighted by molar-refractivity contribution is 0.102. The Kier molecular flexibility index (Phi) is 6.45. The molecule has 0 unspecified atom stereocenters. The number of hydrogen-bond donors (Lipinski definition) is 1. The smallest absolute Gasteiger partial charge is 0.255 e. The Hall–Kier alpha value is -2.98. The Balaban J connectivity index is 1.80. The molecule has 3 rings (SSSR count). The van der Waals surface area contributed by atoms with Crippen molar-refractivity contribution in [2.75, 3.05) is 12.4 Å². The zero-order valence-corrected chi connectivity index (χ0v) is 17.8. The molecular weight excluding hydrogens is 386 g/mol. The van der Waals surface area contributed by atoms with E-state index >= 15 is 0 Å². The molecule has 3 aromatic carbocycles. The van der Waals surface area contributed by atoms with Gasteiger partial charge in [-0.05, 0) is 86.0 Å². The average Bonchev–Trinajstić information content (AvgIpc) is 2.71. The van der Waals surface area contributed by atoms with E-state index in [4.69, 9.17) is 21.1 Å². The second-order valence-corrected chi connectivity index (χ2v) is 7.42. The summed E-state index contributed by atoms with van der Waals surface area (Å²) in [6.07, 6.45) is 0. The molecule has 1 N–H and O–H groups in total. The van der Waals surface area contributed by atoms with Crippen LogP contribution in [0.5, 0.6) is 11.5 Å². The van der Waals surface area contributed by atoms with Crippen LogP contribution in [-0.4, -0.2) is 13.0 Å². The summed E-state index contributed by atoms with van der Waals surface area (Å²) in [6.45, 7) is 6.45. The number of amides is 1. The molecule has 150 valence electrons. The lowest BCUT2D eigenvalue weighted by Crippen LogP contribution is -2.13. The maximum absolute atomic E-state index is 12.6. The zero-order valence-electron chi connectivity index (χ0n) is 17.0. The Labute approximate surface area is 176 Å². The van der Waals surface area contributed by atoms with Crippen molar-refractivity contribution in [2.24, 2.45) is 0 Å². The summed E-state index contributed by atoms with van der Waals surface area (Å²) in [7, 11) is 1.61. The summed E-state index contributed by atoms with van der Waals surface area (Å²) < 4.78 is 11.5. The number of anilines is 1. The minimum absolute atomic E-state index is 0.209. The molecule has 4 nitrogen and oxygen atoms in total. The first kappa shape index (κ1) is 20.7. The topological polar surface area (TPSA) is 47.6 Å². The third kappa shape index (κ3) is 5.09. The summed E-state index contributed by atoms with van der Waals surface area (Å²) in [6, 6.07) is 16.4. The molecular formula is C24H24ClNO3. The predicted molar refractivity (Wildman–Crippen MR) is 117 cm³/mol. The van der Waals surface area contributed by atoms with E-state index in [1.807, 2.05) is 19.9 Å². The van der Waals surface area contributed by atoms with Crippen LogP contribution in [0.1, 0.15) is 32.6 Å². The van der Waals surface area contributed by atoms with Crippen LogP contribution in [0.3, 0.4) is 0 Å². The van der Waals surface area contributed by atoms with Crippen molar-refractivity contribution < 1.29 is 14.3 Å². The highest BCUT2D eigenvalue weighted by Crippen LogP contribution is 2.27. The van der Waals surface area contributed by atoms with E-state index in [-0.39, 0.29) is 5.91 Å². The molecule has 0 aliphatic heterocycles. The molecule has 1 amide bonds. The third-order valence-corrected chi connectivity index (χ3v) is 5.04. The van der Waals surface area contributed by atoms with Gasteiger partial charge in [0.25, 0.3) is 5.91 Å². The fraction of sp³-hybridized carbons (Fsp3) is 0.208. The average molecular weight is 410 g/mol. The van der Waals surface area contributed by atoms with Gasteiger partial charge in [-0.2, -0.15) is 0 Å². The van der Waals surface area contributed by atoms with E-state index in [1.165, 1.54) is 5.56 Å². The summed E-state index contributed by atoms with van der Waals surface area (Å²) >= 11 is 5.89.